The predicted molar refractivity (Wildman–Crippen MR) is 119 cm³/mol. The van der Waals surface area contributed by atoms with Crippen LogP contribution < -0.4 is 14.8 Å². The van der Waals surface area contributed by atoms with Gasteiger partial charge in [0, 0.05) is 16.3 Å². The molecule has 0 saturated carbocycles. The van der Waals surface area contributed by atoms with Crippen molar-refractivity contribution in [2.24, 2.45) is 0 Å². The molecule has 0 aliphatic rings. The van der Waals surface area contributed by atoms with Crippen LogP contribution in [0.2, 0.25) is 0 Å². The van der Waals surface area contributed by atoms with Crippen LogP contribution >= 0.6 is 11.8 Å². The van der Waals surface area contributed by atoms with Crippen LogP contribution in [0.4, 0.5) is 5.82 Å². The van der Waals surface area contributed by atoms with Crippen molar-refractivity contribution in [3.63, 3.8) is 0 Å². The first-order chi connectivity index (χ1) is 14.5. The highest BCUT2D eigenvalue weighted by molar-refractivity contribution is 8.00. The van der Waals surface area contributed by atoms with Gasteiger partial charge < -0.3 is 14.8 Å². The molecule has 6 nitrogen and oxygen atoms in total. The predicted octanol–water partition coefficient (Wildman–Crippen LogP) is 4.71. The molecule has 1 aromatic heterocycles. The van der Waals surface area contributed by atoms with Crippen molar-refractivity contribution in [1.29, 1.82) is 5.26 Å². The van der Waals surface area contributed by atoms with Gasteiger partial charge in [-0.2, -0.15) is 5.26 Å². The summed E-state index contributed by atoms with van der Waals surface area (Å²) in [6.45, 7) is 3.81. The number of amides is 1. The first-order valence-corrected chi connectivity index (χ1v) is 10.3. The fourth-order valence-electron chi connectivity index (χ4n) is 3.16. The Morgan fingerprint density at radius 2 is 1.80 bits per heavy atom. The number of hydrogen-bond acceptors (Lipinski definition) is 5. The van der Waals surface area contributed by atoms with Crippen LogP contribution in [0.1, 0.15) is 16.8 Å². The number of nitriles is 1. The molecule has 0 atom stereocenters. The smallest absolute Gasteiger partial charge is 0.235 e. The van der Waals surface area contributed by atoms with Crippen LogP contribution in [0.5, 0.6) is 11.5 Å². The van der Waals surface area contributed by atoms with E-state index in [0.29, 0.717) is 11.4 Å². The molecular weight excluding hydrogens is 398 g/mol. The number of rotatable bonds is 7. The zero-order valence-corrected chi connectivity index (χ0v) is 18.2. The lowest BCUT2D eigenvalue weighted by Crippen LogP contribution is -2.17. The fourth-order valence-corrected chi connectivity index (χ4v) is 3.99. The lowest BCUT2D eigenvalue weighted by Gasteiger charge is -2.14. The second-order valence-corrected chi connectivity index (χ2v) is 7.58. The largest absolute Gasteiger partial charge is 0.497 e. The summed E-state index contributed by atoms with van der Waals surface area (Å²) in [6.07, 6.45) is 0. The van der Waals surface area contributed by atoms with E-state index < -0.39 is 0 Å². The third kappa shape index (κ3) is 4.29. The molecule has 1 N–H and O–H groups in total. The summed E-state index contributed by atoms with van der Waals surface area (Å²) < 4.78 is 12.5. The molecule has 3 aromatic rings. The zero-order chi connectivity index (χ0) is 21.7. The molecule has 3 rings (SSSR count). The molecule has 7 heteroatoms. The highest BCUT2D eigenvalue weighted by Gasteiger charge is 2.21. The van der Waals surface area contributed by atoms with Gasteiger partial charge in [0.05, 0.1) is 25.5 Å². The first-order valence-electron chi connectivity index (χ1n) is 9.32. The molecule has 1 heterocycles. The van der Waals surface area contributed by atoms with Gasteiger partial charge in [0.25, 0.3) is 0 Å². The van der Waals surface area contributed by atoms with Gasteiger partial charge in [-0.05, 0) is 55.8 Å². The number of ether oxygens (including phenoxy) is 2. The van der Waals surface area contributed by atoms with Crippen molar-refractivity contribution < 1.29 is 14.3 Å². The molecule has 0 aliphatic heterocycles. The van der Waals surface area contributed by atoms with Gasteiger partial charge in [-0.3, -0.25) is 9.36 Å². The SMILES string of the molecule is COc1ccc(-n2c(C)c(C)c(C#N)c2NC(=O)CSc2ccccc2OC)cc1. The lowest BCUT2D eigenvalue weighted by atomic mass is 10.2. The molecule has 0 saturated heterocycles. The molecule has 0 radical (unpaired) electrons. The van der Waals surface area contributed by atoms with Gasteiger partial charge in [-0.15, -0.1) is 11.8 Å². The Morgan fingerprint density at radius 1 is 1.10 bits per heavy atom. The van der Waals surface area contributed by atoms with Gasteiger partial charge in [-0.25, -0.2) is 0 Å². The summed E-state index contributed by atoms with van der Waals surface area (Å²) in [6, 6.07) is 17.3. The summed E-state index contributed by atoms with van der Waals surface area (Å²) >= 11 is 1.38. The van der Waals surface area contributed by atoms with E-state index in [0.717, 1.165) is 33.3 Å². The number of para-hydroxylation sites is 1. The second-order valence-electron chi connectivity index (χ2n) is 6.57. The maximum absolute atomic E-state index is 12.7. The molecule has 0 bridgehead atoms. The Kier molecular flexibility index (Phi) is 6.70. The number of hydrogen-bond donors (Lipinski definition) is 1. The molecule has 1 amide bonds. The summed E-state index contributed by atoms with van der Waals surface area (Å²) in [4.78, 5) is 13.6. The summed E-state index contributed by atoms with van der Waals surface area (Å²) in [5.74, 6) is 1.93. The van der Waals surface area contributed by atoms with Gasteiger partial charge in [0.15, 0.2) is 0 Å². The molecule has 2 aromatic carbocycles. The van der Waals surface area contributed by atoms with Gasteiger partial charge in [0.1, 0.15) is 23.4 Å². The van der Waals surface area contributed by atoms with Crippen molar-refractivity contribution in [1.82, 2.24) is 4.57 Å². The first kappa shape index (κ1) is 21.3. The van der Waals surface area contributed by atoms with Crippen LogP contribution in [0, 0.1) is 25.2 Å². The monoisotopic (exact) mass is 421 g/mol. The summed E-state index contributed by atoms with van der Waals surface area (Å²) in [7, 11) is 3.21. The molecule has 0 unspecified atom stereocenters. The maximum atomic E-state index is 12.7. The van der Waals surface area contributed by atoms with E-state index in [1.165, 1.54) is 11.8 Å². The van der Waals surface area contributed by atoms with Gasteiger partial charge in [-0.1, -0.05) is 12.1 Å². The molecule has 30 heavy (non-hydrogen) atoms. The number of aromatic nitrogens is 1. The van der Waals surface area contributed by atoms with Crippen LogP contribution in [-0.4, -0.2) is 30.4 Å². The zero-order valence-electron chi connectivity index (χ0n) is 17.4. The standard InChI is InChI=1S/C23H23N3O3S/c1-15-16(2)26(17-9-11-18(28-3)12-10-17)23(19(15)13-24)25-22(27)14-30-21-8-6-5-7-20(21)29-4/h5-12H,14H2,1-4H3,(H,25,27). The average Bonchev–Trinajstić information content (AvgIpc) is 3.01. The number of benzene rings is 2. The quantitative estimate of drug-likeness (QED) is 0.559. The van der Waals surface area contributed by atoms with Crippen LogP contribution in [-0.2, 0) is 4.79 Å². The van der Waals surface area contributed by atoms with E-state index >= 15 is 0 Å². The minimum Gasteiger partial charge on any atom is -0.497 e. The molecular formula is C23H23N3O3S. The Labute approximate surface area is 180 Å². The van der Waals surface area contributed by atoms with Crippen molar-refractivity contribution in [2.75, 3.05) is 25.3 Å². The Hall–Kier alpha value is -3.37. The van der Waals surface area contributed by atoms with Crippen molar-refractivity contribution in [2.45, 2.75) is 18.7 Å². The number of nitrogens with one attached hydrogen (secondary N) is 1. The van der Waals surface area contributed by atoms with Crippen LogP contribution in [0.25, 0.3) is 5.69 Å². The minimum atomic E-state index is -0.199. The molecule has 0 fully saturated rings. The van der Waals surface area contributed by atoms with E-state index in [1.54, 1.807) is 14.2 Å². The Bertz CT molecular complexity index is 1100. The summed E-state index contributed by atoms with van der Waals surface area (Å²) in [5.41, 5.74) is 3.02. The van der Waals surface area contributed by atoms with E-state index in [9.17, 15) is 10.1 Å². The molecule has 0 aliphatic carbocycles. The van der Waals surface area contributed by atoms with E-state index in [-0.39, 0.29) is 11.7 Å². The number of methoxy groups -OCH3 is 2. The normalized spacial score (nSPS) is 10.4. The minimum absolute atomic E-state index is 0.192. The lowest BCUT2D eigenvalue weighted by molar-refractivity contribution is -0.113. The fraction of sp³-hybridized carbons (Fsp3) is 0.217. The third-order valence-electron chi connectivity index (χ3n) is 4.84. The maximum Gasteiger partial charge on any atom is 0.235 e. The van der Waals surface area contributed by atoms with Gasteiger partial charge >= 0.3 is 0 Å². The second kappa shape index (κ2) is 9.42. The number of anilines is 1. The number of carbonyl (C=O) groups is 1. The van der Waals surface area contributed by atoms with Crippen LogP contribution in [0.3, 0.4) is 0 Å². The topological polar surface area (TPSA) is 76.3 Å². The van der Waals surface area contributed by atoms with E-state index in [2.05, 4.69) is 11.4 Å². The third-order valence-corrected chi connectivity index (χ3v) is 5.90. The highest BCUT2D eigenvalue weighted by atomic mass is 32.2. The van der Waals surface area contributed by atoms with Crippen molar-refractivity contribution in [3.05, 3.63) is 65.4 Å². The van der Waals surface area contributed by atoms with Crippen LogP contribution in [0.15, 0.2) is 53.4 Å². The highest BCUT2D eigenvalue weighted by Crippen LogP contribution is 2.32. The van der Waals surface area contributed by atoms with Crippen molar-refractivity contribution >= 4 is 23.5 Å². The van der Waals surface area contributed by atoms with E-state index in [1.807, 2.05) is 66.9 Å². The number of thioether (sulfide) groups is 1. The molecule has 0 spiro atoms. The average molecular weight is 422 g/mol. The number of nitrogens with zero attached hydrogens (tertiary/aromatic N) is 2. The van der Waals surface area contributed by atoms with Gasteiger partial charge in [0.2, 0.25) is 5.91 Å². The van der Waals surface area contributed by atoms with E-state index in [4.69, 9.17) is 9.47 Å². The number of carbonyl (C=O) groups excluding carboxylic acids is 1. The Morgan fingerprint density at radius 3 is 2.43 bits per heavy atom. The summed E-state index contributed by atoms with van der Waals surface area (Å²) in [5, 5.41) is 12.6. The van der Waals surface area contributed by atoms with Crippen molar-refractivity contribution in [3.8, 4) is 23.3 Å². The Balaban J connectivity index is 1.88. The molecule has 154 valence electrons.